The number of hydrogen-bond donors (Lipinski definition) is 1. The van der Waals surface area contributed by atoms with Crippen molar-refractivity contribution in [2.45, 2.75) is 71.9 Å². The van der Waals surface area contributed by atoms with Gasteiger partial charge in [-0.25, -0.2) is 9.48 Å². The van der Waals surface area contributed by atoms with E-state index >= 15 is 0 Å². The Morgan fingerprint density at radius 2 is 2.04 bits per heavy atom. The first-order valence-electron chi connectivity index (χ1n) is 8.86. The first-order chi connectivity index (χ1) is 12.2. The Morgan fingerprint density at radius 1 is 1.44 bits per heavy atom. The Hall–Kier alpha value is -2.36. The molecule has 1 amide bonds. The molecule has 1 aliphatic heterocycles. The topological polar surface area (TPSA) is 112 Å². The minimum Gasteiger partial charge on any atom is -0.444 e. The molecular formula is C17H29N5O5. The summed E-state index contributed by atoms with van der Waals surface area (Å²) in [7, 11) is 1.63. The first-order valence-corrected chi connectivity index (χ1v) is 8.86. The number of carbonyl (C=O) groups excluding carboxylic acids is 1. The molecule has 2 unspecified atom stereocenters. The number of nitro groups is 1. The summed E-state index contributed by atoms with van der Waals surface area (Å²) < 4.78 is 12.9. The van der Waals surface area contributed by atoms with Gasteiger partial charge in [0.1, 0.15) is 17.0 Å². The van der Waals surface area contributed by atoms with Crippen LogP contribution in [0, 0.1) is 17.0 Å². The van der Waals surface area contributed by atoms with Gasteiger partial charge in [0.2, 0.25) is 5.82 Å². The number of amides is 1. The van der Waals surface area contributed by atoms with Gasteiger partial charge in [0.15, 0.2) is 0 Å². The third kappa shape index (κ3) is 4.32. The quantitative estimate of drug-likeness (QED) is 0.628. The van der Waals surface area contributed by atoms with E-state index in [2.05, 4.69) is 10.4 Å². The van der Waals surface area contributed by atoms with Crippen LogP contribution in [0.25, 0.3) is 0 Å². The van der Waals surface area contributed by atoms with Crippen molar-refractivity contribution in [3.63, 3.8) is 0 Å². The van der Waals surface area contributed by atoms with Crippen LogP contribution in [0.2, 0.25) is 0 Å². The highest BCUT2D eigenvalue weighted by Gasteiger charge is 2.49. The van der Waals surface area contributed by atoms with Gasteiger partial charge < -0.3 is 14.8 Å². The maximum atomic E-state index is 12.8. The van der Waals surface area contributed by atoms with Crippen LogP contribution in [0.15, 0.2) is 0 Å². The van der Waals surface area contributed by atoms with Crippen molar-refractivity contribution in [1.29, 1.82) is 0 Å². The Labute approximate surface area is 158 Å². The second-order valence-electron chi connectivity index (χ2n) is 8.23. The lowest BCUT2D eigenvalue weighted by atomic mass is 10.1. The zero-order valence-electron chi connectivity index (χ0n) is 17.2. The van der Waals surface area contributed by atoms with Crippen LogP contribution in [0.3, 0.4) is 0 Å². The maximum absolute atomic E-state index is 12.8. The molecule has 0 aromatic carbocycles. The van der Waals surface area contributed by atoms with Gasteiger partial charge in [-0.3, -0.25) is 15.0 Å². The monoisotopic (exact) mass is 383 g/mol. The number of rotatable bonds is 4. The number of nitrogens with one attached hydrogen (secondary N) is 1. The number of anilines is 1. The third-order valence-electron chi connectivity index (χ3n) is 4.37. The molecule has 0 radical (unpaired) electrons. The molecule has 1 saturated heterocycles. The second-order valence-corrected chi connectivity index (χ2v) is 8.23. The summed E-state index contributed by atoms with van der Waals surface area (Å²) in [5, 5.41) is 18.5. The maximum Gasteiger partial charge on any atom is 0.412 e. The van der Waals surface area contributed by atoms with E-state index < -0.39 is 22.3 Å². The zero-order chi connectivity index (χ0) is 20.7. The van der Waals surface area contributed by atoms with Crippen molar-refractivity contribution >= 4 is 17.6 Å². The Balaban J connectivity index is 2.26. The van der Waals surface area contributed by atoms with Crippen LogP contribution in [0.4, 0.5) is 16.3 Å². The molecule has 10 heteroatoms. The Bertz CT molecular complexity index is 737. The van der Waals surface area contributed by atoms with E-state index in [0.29, 0.717) is 11.5 Å². The molecule has 2 rings (SSSR count). The summed E-state index contributed by atoms with van der Waals surface area (Å²) in [5.74, 6) is 0.290. The van der Waals surface area contributed by atoms with Crippen molar-refractivity contribution in [2.75, 3.05) is 11.9 Å². The molecule has 10 nitrogen and oxygen atoms in total. The van der Waals surface area contributed by atoms with Crippen LogP contribution in [0.1, 0.15) is 47.2 Å². The molecule has 1 aromatic heterocycles. The largest absolute Gasteiger partial charge is 0.444 e. The summed E-state index contributed by atoms with van der Waals surface area (Å²) in [6, 6.07) is -0.371. The minimum atomic E-state index is -0.859. The lowest BCUT2D eigenvalue weighted by molar-refractivity contribution is -0.384. The van der Waals surface area contributed by atoms with E-state index in [9.17, 15) is 14.9 Å². The highest BCUT2D eigenvalue weighted by molar-refractivity contribution is 5.70. The third-order valence-corrected chi connectivity index (χ3v) is 4.37. The lowest BCUT2D eigenvalue weighted by Gasteiger charge is -2.35. The van der Waals surface area contributed by atoms with Gasteiger partial charge in [-0.05, 0) is 48.5 Å². The fourth-order valence-electron chi connectivity index (χ4n) is 3.39. The fraction of sp³-hybridized carbons (Fsp3) is 0.765. The summed E-state index contributed by atoms with van der Waals surface area (Å²) in [6.07, 6.45) is -0.771. The number of nitrogens with zero attached hydrogens (tertiary/aromatic N) is 4. The van der Waals surface area contributed by atoms with E-state index in [1.54, 1.807) is 53.5 Å². The Morgan fingerprint density at radius 3 is 2.56 bits per heavy atom. The SMILES string of the molecule is Cc1nn(C)c(NCC2C(C)OC(C)(C)N2C(=O)OC(C)(C)C)c1[N+](=O)[O-]. The van der Waals surface area contributed by atoms with Crippen molar-refractivity contribution in [3.05, 3.63) is 15.8 Å². The van der Waals surface area contributed by atoms with Gasteiger partial charge >= 0.3 is 11.8 Å². The second kappa shape index (κ2) is 6.99. The fourth-order valence-corrected chi connectivity index (χ4v) is 3.39. The van der Waals surface area contributed by atoms with E-state index in [1.807, 2.05) is 6.92 Å². The molecule has 2 heterocycles. The molecule has 1 aromatic rings. The van der Waals surface area contributed by atoms with Crippen LogP contribution < -0.4 is 5.32 Å². The van der Waals surface area contributed by atoms with Gasteiger partial charge in [0, 0.05) is 13.6 Å². The number of aromatic nitrogens is 2. The van der Waals surface area contributed by atoms with Gasteiger partial charge in [-0.1, -0.05) is 0 Å². The average molecular weight is 383 g/mol. The summed E-state index contributed by atoms with van der Waals surface area (Å²) in [4.78, 5) is 25.2. The lowest BCUT2D eigenvalue weighted by Crippen LogP contribution is -2.52. The number of carbonyl (C=O) groups is 1. The number of hydrogen-bond acceptors (Lipinski definition) is 7. The standard InChI is InChI=1S/C17H29N5O5/c1-10-13(22(24)25)14(20(8)19-10)18-9-12-11(2)26-17(6,7)21(12)15(23)27-16(3,4)5/h11-12,18H,9H2,1-8H3. The summed E-state index contributed by atoms with van der Waals surface area (Å²) in [5.41, 5.74) is -1.26. The minimum absolute atomic E-state index is 0.0767. The molecule has 0 bridgehead atoms. The van der Waals surface area contributed by atoms with Crippen molar-refractivity contribution < 1.29 is 19.2 Å². The van der Waals surface area contributed by atoms with Crippen LogP contribution >= 0.6 is 0 Å². The van der Waals surface area contributed by atoms with Gasteiger partial charge in [0.05, 0.1) is 17.1 Å². The molecular weight excluding hydrogens is 354 g/mol. The molecule has 1 fully saturated rings. The molecule has 152 valence electrons. The Kier molecular flexibility index (Phi) is 5.42. The van der Waals surface area contributed by atoms with Crippen molar-refractivity contribution in [2.24, 2.45) is 7.05 Å². The van der Waals surface area contributed by atoms with Crippen molar-refractivity contribution in [3.8, 4) is 0 Å². The molecule has 27 heavy (non-hydrogen) atoms. The smallest absolute Gasteiger partial charge is 0.412 e. The summed E-state index contributed by atoms with van der Waals surface area (Å²) in [6.45, 7) is 12.7. The highest BCUT2D eigenvalue weighted by atomic mass is 16.6. The normalized spacial score (nSPS) is 22.0. The van der Waals surface area contributed by atoms with Gasteiger partial charge in [-0.15, -0.1) is 0 Å². The highest BCUT2D eigenvalue weighted by Crippen LogP contribution is 2.34. The zero-order valence-corrected chi connectivity index (χ0v) is 17.2. The van der Waals surface area contributed by atoms with Crippen molar-refractivity contribution in [1.82, 2.24) is 14.7 Å². The molecule has 0 saturated carbocycles. The molecule has 1 aliphatic rings. The van der Waals surface area contributed by atoms with Gasteiger partial charge in [0.25, 0.3) is 0 Å². The number of aryl methyl sites for hydroxylation is 2. The van der Waals surface area contributed by atoms with Crippen LogP contribution in [-0.4, -0.2) is 55.7 Å². The predicted octanol–water partition coefficient (Wildman–Crippen LogP) is 2.81. The van der Waals surface area contributed by atoms with E-state index in [1.165, 1.54) is 4.68 Å². The molecule has 0 spiro atoms. The molecule has 2 atom stereocenters. The van der Waals surface area contributed by atoms with Crippen LogP contribution in [-0.2, 0) is 16.5 Å². The van der Waals surface area contributed by atoms with Gasteiger partial charge in [-0.2, -0.15) is 5.10 Å². The summed E-state index contributed by atoms with van der Waals surface area (Å²) >= 11 is 0. The van der Waals surface area contributed by atoms with E-state index in [4.69, 9.17) is 9.47 Å². The predicted molar refractivity (Wildman–Crippen MR) is 99.6 cm³/mol. The first kappa shape index (κ1) is 20.9. The van der Waals surface area contributed by atoms with Crippen LogP contribution in [0.5, 0.6) is 0 Å². The molecule has 1 N–H and O–H groups in total. The number of ether oxygens (including phenoxy) is 2. The van der Waals surface area contributed by atoms with E-state index in [-0.39, 0.29) is 24.4 Å². The molecule has 0 aliphatic carbocycles. The van der Waals surface area contributed by atoms with E-state index in [0.717, 1.165) is 0 Å². The average Bonchev–Trinajstić information content (AvgIpc) is 2.86.